The zero-order chi connectivity index (χ0) is 21.6. The van der Waals surface area contributed by atoms with Crippen LogP contribution >= 0.6 is 11.8 Å². The first-order chi connectivity index (χ1) is 15.2. The van der Waals surface area contributed by atoms with E-state index in [-0.39, 0.29) is 12.2 Å². The number of hydrogen-bond acceptors (Lipinski definition) is 5. The van der Waals surface area contributed by atoms with Crippen LogP contribution in [0.25, 0.3) is 16.3 Å². The number of ketones is 1. The highest BCUT2D eigenvalue weighted by atomic mass is 32.2. The number of rotatable bonds is 7. The number of carbonyl (C=O) groups is 1. The average molecular weight is 425 g/mol. The summed E-state index contributed by atoms with van der Waals surface area (Å²) in [6, 6.07) is 25.7. The number of benzene rings is 3. The lowest BCUT2D eigenvalue weighted by Gasteiger charge is -2.08. The molecule has 1 aromatic heterocycles. The molecule has 4 aromatic rings. The molecule has 1 heterocycles. The Morgan fingerprint density at radius 2 is 1.77 bits per heavy atom. The van der Waals surface area contributed by atoms with E-state index in [1.54, 1.807) is 10.9 Å². The molecule has 0 fully saturated rings. The highest BCUT2D eigenvalue weighted by molar-refractivity contribution is 8.02. The van der Waals surface area contributed by atoms with E-state index >= 15 is 0 Å². The van der Waals surface area contributed by atoms with Gasteiger partial charge in [0.05, 0.1) is 18.3 Å². The third-order valence-corrected chi connectivity index (χ3v) is 5.87. The largest absolute Gasteiger partial charge is 0.294 e. The molecule has 0 spiro atoms. The zero-order valence-corrected chi connectivity index (χ0v) is 17.8. The van der Waals surface area contributed by atoms with Crippen molar-refractivity contribution in [1.29, 1.82) is 5.26 Å². The van der Waals surface area contributed by atoms with Crippen LogP contribution in [0.5, 0.6) is 0 Å². The molecule has 0 atom stereocenters. The Hall–Kier alpha value is -3.69. The molecule has 0 saturated carbocycles. The molecule has 0 aliphatic carbocycles. The molecule has 0 unspecified atom stereocenters. The van der Waals surface area contributed by atoms with E-state index < -0.39 is 0 Å². The lowest BCUT2D eigenvalue weighted by Crippen LogP contribution is -2.02. The fraction of sp³-hybridized carbons (Fsp3) is 0.120. The van der Waals surface area contributed by atoms with Gasteiger partial charge in [-0.1, -0.05) is 78.0 Å². The predicted octanol–water partition coefficient (Wildman–Crippen LogP) is 5.35. The summed E-state index contributed by atoms with van der Waals surface area (Å²) in [5, 5.41) is 20.1. The van der Waals surface area contributed by atoms with Crippen molar-refractivity contribution < 1.29 is 4.79 Å². The summed E-state index contributed by atoms with van der Waals surface area (Å²) in [7, 11) is 0. The summed E-state index contributed by atoms with van der Waals surface area (Å²) < 4.78 is 1.70. The molecule has 0 aliphatic rings. The molecule has 0 saturated heterocycles. The molecule has 0 bridgehead atoms. The van der Waals surface area contributed by atoms with Gasteiger partial charge in [-0.2, -0.15) is 5.26 Å². The van der Waals surface area contributed by atoms with E-state index in [0.29, 0.717) is 28.3 Å². The minimum absolute atomic E-state index is 0.0226. The van der Waals surface area contributed by atoms with Gasteiger partial charge < -0.3 is 0 Å². The van der Waals surface area contributed by atoms with Gasteiger partial charge in [0.1, 0.15) is 11.8 Å². The predicted molar refractivity (Wildman–Crippen MR) is 125 cm³/mol. The monoisotopic (exact) mass is 424 g/mol. The number of nitriles is 1. The van der Waals surface area contributed by atoms with Crippen molar-refractivity contribution in [1.82, 2.24) is 15.0 Å². The van der Waals surface area contributed by atoms with Crippen LogP contribution in [0, 0.1) is 11.3 Å². The molecular weight excluding hydrogens is 404 g/mol. The van der Waals surface area contributed by atoms with E-state index in [4.69, 9.17) is 0 Å². The van der Waals surface area contributed by atoms with Crippen LogP contribution in [0.15, 0.2) is 83.9 Å². The Kier molecular flexibility index (Phi) is 6.25. The number of nitrogens with zero attached hydrogens (tertiary/aromatic N) is 4. The third-order valence-electron chi connectivity index (χ3n) is 5.03. The number of allylic oxidation sites excluding steroid dienone is 2. The number of hydrogen-bond donors (Lipinski definition) is 0. The lowest BCUT2D eigenvalue weighted by molar-refractivity contribution is 0.0996. The van der Waals surface area contributed by atoms with Crippen LogP contribution in [0.3, 0.4) is 0 Å². The van der Waals surface area contributed by atoms with Crippen molar-refractivity contribution in [2.75, 3.05) is 6.26 Å². The van der Waals surface area contributed by atoms with Gasteiger partial charge in [0.25, 0.3) is 0 Å². The highest BCUT2D eigenvalue weighted by Crippen LogP contribution is 2.29. The second-order valence-corrected chi connectivity index (χ2v) is 7.93. The van der Waals surface area contributed by atoms with E-state index in [9.17, 15) is 10.1 Å². The lowest BCUT2D eigenvalue weighted by atomic mass is 9.99. The van der Waals surface area contributed by atoms with Crippen molar-refractivity contribution >= 4 is 33.9 Å². The molecule has 152 valence electrons. The SMILES string of the molecule is CS/C(CC(=O)c1cccc2ccccc12)=C(/C#N)c1cn(Cc2ccccc2)nn1. The van der Waals surface area contributed by atoms with Gasteiger partial charge in [0, 0.05) is 16.9 Å². The molecule has 5 nitrogen and oxygen atoms in total. The molecule has 3 aromatic carbocycles. The Balaban J connectivity index is 1.62. The molecule has 0 N–H and O–H groups in total. The van der Waals surface area contributed by atoms with Crippen molar-refractivity contribution in [3.8, 4) is 6.07 Å². The standard InChI is InChI=1S/C25H20N4OS/c1-31-25(14-24(30)21-13-7-11-19-10-5-6-12-20(19)21)22(15-26)23-17-29(28-27-23)16-18-8-3-2-4-9-18/h2-13,17H,14,16H2,1H3/b25-22-. The van der Waals surface area contributed by atoms with Gasteiger partial charge in [0.2, 0.25) is 0 Å². The van der Waals surface area contributed by atoms with Crippen LogP contribution < -0.4 is 0 Å². The fourth-order valence-corrected chi connectivity index (χ4v) is 4.13. The summed E-state index contributed by atoms with van der Waals surface area (Å²) in [5.74, 6) is -0.0226. The van der Waals surface area contributed by atoms with Crippen LogP contribution in [0.2, 0.25) is 0 Å². The van der Waals surface area contributed by atoms with Crippen LogP contribution in [-0.4, -0.2) is 27.0 Å². The first-order valence-corrected chi connectivity index (χ1v) is 11.0. The quantitative estimate of drug-likeness (QED) is 0.295. The Bertz CT molecular complexity index is 1300. The molecule has 0 amide bonds. The molecule has 0 aliphatic heterocycles. The van der Waals surface area contributed by atoms with Gasteiger partial charge in [0.15, 0.2) is 5.78 Å². The number of Topliss-reactive ketones (excluding diaryl/α,β-unsaturated/α-hetero) is 1. The van der Waals surface area contributed by atoms with Crippen molar-refractivity contribution in [3.05, 3.63) is 101 Å². The van der Waals surface area contributed by atoms with E-state index in [1.165, 1.54) is 11.8 Å². The van der Waals surface area contributed by atoms with Gasteiger partial charge >= 0.3 is 0 Å². The van der Waals surface area contributed by atoms with Crippen molar-refractivity contribution in [3.63, 3.8) is 0 Å². The van der Waals surface area contributed by atoms with Crippen molar-refractivity contribution in [2.45, 2.75) is 13.0 Å². The summed E-state index contributed by atoms with van der Waals surface area (Å²) in [6.45, 7) is 0.566. The zero-order valence-electron chi connectivity index (χ0n) is 17.0. The Morgan fingerprint density at radius 3 is 2.55 bits per heavy atom. The number of carbonyl (C=O) groups excluding carboxylic acids is 1. The first kappa shape index (κ1) is 20.6. The number of fused-ring (bicyclic) bond motifs is 1. The summed E-state index contributed by atoms with van der Waals surface area (Å²) in [4.78, 5) is 13.8. The number of aromatic nitrogens is 3. The third kappa shape index (κ3) is 4.57. The van der Waals surface area contributed by atoms with Crippen LogP contribution in [0.4, 0.5) is 0 Å². The molecule has 4 rings (SSSR count). The fourth-order valence-electron chi connectivity index (χ4n) is 3.50. The number of thioether (sulfide) groups is 1. The van der Waals surface area contributed by atoms with Gasteiger partial charge in [-0.05, 0) is 22.6 Å². The van der Waals surface area contributed by atoms with Gasteiger partial charge in [-0.3, -0.25) is 4.79 Å². The minimum Gasteiger partial charge on any atom is -0.294 e. The summed E-state index contributed by atoms with van der Waals surface area (Å²) >= 11 is 1.40. The average Bonchev–Trinajstić information content (AvgIpc) is 3.27. The smallest absolute Gasteiger partial charge is 0.168 e. The van der Waals surface area contributed by atoms with Crippen LogP contribution in [-0.2, 0) is 6.54 Å². The van der Waals surface area contributed by atoms with Gasteiger partial charge in [-0.25, -0.2) is 4.68 Å². The normalized spacial score (nSPS) is 11.7. The second kappa shape index (κ2) is 9.41. The van der Waals surface area contributed by atoms with Gasteiger partial charge in [-0.15, -0.1) is 16.9 Å². The Morgan fingerprint density at radius 1 is 1.03 bits per heavy atom. The van der Waals surface area contributed by atoms with E-state index in [1.807, 2.05) is 79.1 Å². The van der Waals surface area contributed by atoms with E-state index in [0.717, 1.165) is 16.3 Å². The second-order valence-electron chi connectivity index (χ2n) is 7.03. The molecule has 6 heteroatoms. The van der Waals surface area contributed by atoms with Crippen molar-refractivity contribution in [2.24, 2.45) is 0 Å². The summed E-state index contributed by atoms with van der Waals surface area (Å²) in [6.07, 6.45) is 3.77. The van der Waals surface area contributed by atoms with Crippen LogP contribution in [0.1, 0.15) is 28.0 Å². The molecule has 31 heavy (non-hydrogen) atoms. The Labute approximate surface area is 185 Å². The molecular formula is C25H20N4OS. The van der Waals surface area contributed by atoms with E-state index in [2.05, 4.69) is 16.4 Å². The minimum atomic E-state index is -0.0226. The topological polar surface area (TPSA) is 71.6 Å². The summed E-state index contributed by atoms with van der Waals surface area (Å²) in [5.41, 5.74) is 2.63. The maximum absolute atomic E-state index is 13.1. The maximum atomic E-state index is 13.1. The molecule has 0 radical (unpaired) electrons. The highest BCUT2D eigenvalue weighted by Gasteiger charge is 2.18. The maximum Gasteiger partial charge on any atom is 0.168 e. The first-order valence-electron chi connectivity index (χ1n) is 9.82.